The molecule has 4 heteroatoms. The average molecular weight is 268 g/mol. The van der Waals surface area contributed by atoms with E-state index in [9.17, 15) is 4.79 Å². The molecule has 1 aromatic carbocycles. The van der Waals surface area contributed by atoms with Gasteiger partial charge in [0, 0.05) is 23.7 Å². The summed E-state index contributed by atoms with van der Waals surface area (Å²) in [5, 5.41) is 5.13. The first-order chi connectivity index (χ1) is 9.60. The summed E-state index contributed by atoms with van der Waals surface area (Å²) in [5.41, 5.74) is 3.35. The molecule has 0 aliphatic carbocycles. The van der Waals surface area contributed by atoms with Crippen LogP contribution in [-0.2, 0) is 6.54 Å². The Morgan fingerprint density at radius 2 is 2.15 bits per heavy atom. The van der Waals surface area contributed by atoms with E-state index in [0.717, 1.165) is 28.6 Å². The first kappa shape index (κ1) is 12.7. The lowest BCUT2D eigenvalue weighted by Crippen LogP contribution is -2.00. The maximum atomic E-state index is 12.5. The normalized spacial score (nSPS) is 11.2. The molecule has 0 atom stereocenters. The second kappa shape index (κ2) is 4.63. The van der Waals surface area contributed by atoms with Crippen LogP contribution in [0.1, 0.15) is 34.2 Å². The minimum absolute atomic E-state index is 0.115. The van der Waals surface area contributed by atoms with Crippen LogP contribution < -0.4 is 0 Å². The predicted octanol–water partition coefficient (Wildman–Crippen LogP) is 3.50. The fraction of sp³-hybridized carbons (Fsp3) is 0.250. The Morgan fingerprint density at radius 3 is 2.85 bits per heavy atom. The van der Waals surface area contributed by atoms with Gasteiger partial charge in [-0.3, -0.25) is 9.48 Å². The van der Waals surface area contributed by atoms with Gasteiger partial charge in [0.1, 0.15) is 5.58 Å². The summed E-state index contributed by atoms with van der Waals surface area (Å²) in [6, 6.07) is 5.93. The van der Waals surface area contributed by atoms with Crippen molar-refractivity contribution >= 4 is 16.8 Å². The van der Waals surface area contributed by atoms with Crippen LogP contribution in [0.15, 0.2) is 35.0 Å². The van der Waals surface area contributed by atoms with Crippen LogP contribution in [0, 0.1) is 13.8 Å². The van der Waals surface area contributed by atoms with E-state index in [1.165, 1.54) is 0 Å². The summed E-state index contributed by atoms with van der Waals surface area (Å²) in [4.78, 5) is 12.5. The highest BCUT2D eigenvalue weighted by Gasteiger charge is 2.20. The highest BCUT2D eigenvalue weighted by atomic mass is 16.3. The molecular weight excluding hydrogens is 252 g/mol. The quantitative estimate of drug-likeness (QED) is 0.683. The van der Waals surface area contributed by atoms with Crippen molar-refractivity contribution in [3.05, 3.63) is 53.0 Å². The maximum Gasteiger partial charge on any atom is 0.231 e. The Kier molecular flexibility index (Phi) is 2.93. The summed E-state index contributed by atoms with van der Waals surface area (Å²) in [6.45, 7) is 6.67. The molecule has 20 heavy (non-hydrogen) atoms. The molecule has 0 saturated carbocycles. The molecule has 3 rings (SSSR count). The van der Waals surface area contributed by atoms with Gasteiger partial charge in [0.05, 0.1) is 11.8 Å². The summed E-state index contributed by atoms with van der Waals surface area (Å²) in [6.07, 6.45) is 3.34. The van der Waals surface area contributed by atoms with Gasteiger partial charge in [-0.1, -0.05) is 11.6 Å². The first-order valence-corrected chi connectivity index (χ1v) is 6.67. The molecule has 0 saturated heterocycles. The maximum absolute atomic E-state index is 12.5. The molecular formula is C16H16N2O2. The molecule has 0 unspecified atom stereocenters. The monoisotopic (exact) mass is 268 g/mol. The van der Waals surface area contributed by atoms with Crippen LogP contribution in [-0.4, -0.2) is 15.6 Å². The van der Waals surface area contributed by atoms with Crippen LogP contribution >= 0.6 is 0 Å². The number of furan rings is 1. The van der Waals surface area contributed by atoms with Gasteiger partial charge in [-0.15, -0.1) is 0 Å². The Balaban J connectivity index is 2.09. The Bertz CT molecular complexity index is 796. The van der Waals surface area contributed by atoms with E-state index >= 15 is 0 Å². The zero-order chi connectivity index (χ0) is 14.3. The average Bonchev–Trinajstić information content (AvgIpc) is 3.04. The van der Waals surface area contributed by atoms with E-state index in [0.29, 0.717) is 11.3 Å². The third kappa shape index (κ3) is 1.93. The van der Waals surface area contributed by atoms with Gasteiger partial charge in [0.15, 0.2) is 5.76 Å². The number of hydrogen-bond donors (Lipinski definition) is 0. The highest BCUT2D eigenvalue weighted by Crippen LogP contribution is 2.27. The topological polar surface area (TPSA) is 48.0 Å². The van der Waals surface area contributed by atoms with Gasteiger partial charge in [-0.2, -0.15) is 5.10 Å². The molecule has 0 fully saturated rings. The summed E-state index contributed by atoms with van der Waals surface area (Å²) < 4.78 is 7.46. The van der Waals surface area contributed by atoms with Gasteiger partial charge in [0.25, 0.3) is 0 Å². The summed E-state index contributed by atoms with van der Waals surface area (Å²) in [7, 11) is 0. The standard InChI is InChI=1S/C16H16N2O2/c1-4-18-9-12(8-17-18)15(19)16-11(3)13-7-10(2)5-6-14(13)20-16/h5-9H,4H2,1-3H3. The molecule has 0 amide bonds. The smallest absolute Gasteiger partial charge is 0.231 e. The van der Waals surface area contributed by atoms with Crippen LogP contribution in [0.25, 0.3) is 11.0 Å². The van der Waals surface area contributed by atoms with Crippen LogP contribution in [0.4, 0.5) is 0 Å². The SMILES string of the molecule is CCn1cc(C(=O)c2oc3ccc(C)cc3c2C)cn1. The van der Waals surface area contributed by atoms with Gasteiger partial charge in [0.2, 0.25) is 5.78 Å². The number of fused-ring (bicyclic) bond motifs is 1. The summed E-state index contributed by atoms with van der Waals surface area (Å²) >= 11 is 0. The van der Waals surface area contributed by atoms with E-state index in [4.69, 9.17) is 4.42 Å². The van der Waals surface area contributed by atoms with Crippen LogP contribution in [0.5, 0.6) is 0 Å². The first-order valence-electron chi connectivity index (χ1n) is 6.67. The number of hydrogen-bond acceptors (Lipinski definition) is 3. The van der Waals surface area contributed by atoms with Crippen molar-refractivity contribution in [1.82, 2.24) is 9.78 Å². The van der Waals surface area contributed by atoms with Gasteiger partial charge in [-0.25, -0.2) is 0 Å². The molecule has 0 bridgehead atoms. The number of carbonyl (C=O) groups excluding carboxylic acids is 1. The van der Waals surface area contributed by atoms with Crippen molar-refractivity contribution in [2.45, 2.75) is 27.3 Å². The van der Waals surface area contributed by atoms with E-state index in [1.54, 1.807) is 17.1 Å². The molecule has 102 valence electrons. The molecule has 0 N–H and O–H groups in total. The largest absolute Gasteiger partial charge is 0.452 e. The number of ketones is 1. The number of nitrogens with zero attached hydrogens (tertiary/aromatic N) is 2. The van der Waals surface area contributed by atoms with Crippen LogP contribution in [0.2, 0.25) is 0 Å². The Labute approximate surface area is 117 Å². The minimum Gasteiger partial charge on any atom is -0.452 e. The lowest BCUT2D eigenvalue weighted by molar-refractivity contribution is 0.101. The van der Waals surface area contributed by atoms with Crippen molar-refractivity contribution < 1.29 is 9.21 Å². The zero-order valence-corrected chi connectivity index (χ0v) is 11.8. The van der Waals surface area contributed by atoms with E-state index < -0.39 is 0 Å². The predicted molar refractivity (Wildman–Crippen MR) is 77.0 cm³/mol. The number of aryl methyl sites for hydroxylation is 3. The Morgan fingerprint density at radius 1 is 1.35 bits per heavy atom. The molecule has 2 heterocycles. The third-order valence-electron chi connectivity index (χ3n) is 3.52. The van der Waals surface area contributed by atoms with Crippen molar-refractivity contribution in [3.63, 3.8) is 0 Å². The van der Waals surface area contributed by atoms with Crippen molar-refractivity contribution in [2.24, 2.45) is 0 Å². The fourth-order valence-electron chi connectivity index (χ4n) is 2.34. The lowest BCUT2D eigenvalue weighted by atomic mass is 10.1. The Hall–Kier alpha value is -2.36. The lowest BCUT2D eigenvalue weighted by Gasteiger charge is -1.95. The second-order valence-corrected chi connectivity index (χ2v) is 4.97. The van der Waals surface area contributed by atoms with Gasteiger partial charge >= 0.3 is 0 Å². The van der Waals surface area contributed by atoms with Crippen molar-refractivity contribution in [2.75, 3.05) is 0 Å². The van der Waals surface area contributed by atoms with E-state index in [2.05, 4.69) is 5.10 Å². The third-order valence-corrected chi connectivity index (χ3v) is 3.52. The van der Waals surface area contributed by atoms with Crippen LogP contribution in [0.3, 0.4) is 0 Å². The minimum atomic E-state index is -0.115. The molecule has 2 aromatic heterocycles. The van der Waals surface area contributed by atoms with Crippen molar-refractivity contribution in [3.8, 4) is 0 Å². The number of rotatable bonds is 3. The van der Waals surface area contributed by atoms with E-state index in [-0.39, 0.29) is 5.78 Å². The summed E-state index contributed by atoms with van der Waals surface area (Å²) in [5.74, 6) is 0.289. The molecule has 0 aliphatic rings. The highest BCUT2D eigenvalue weighted by molar-refractivity contribution is 6.10. The van der Waals surface area contributed by atoms with Crippen molar-refractivity contribution in [1.29, 1.82) is 0 Å². The molecule has 3 aromatic rings. The second-order valence-electron chi connectivity index (χ2n) is 4.97. The molecule has 4 nitrogen and oxygen atoms in total. The van der Waals surface area contributed by atoms with Gasteiger partial charge < -0.3 is 4.42 Å². The molecule has 0 spiro atoms. The molecule has 0 aliphatic heterocycles. The van der Waals surface area contributed by atoms with Gasteiger partial charge in [-0.05, 0) is 32.9 Å². The fourth-order valence-corrected chi connectivity index (χ4v) is 2.34. The number of carbonyl (C=O) groups is 1. The number of benzene rings is 1. The van der Waals surface area contributed by atoms with E-state index in [1.807, 2.05) is 39.0 Å². The number of aromatic nitrogens is 2. The molecule has 0 radical (unpaired) electrons. The zero-order valence-electron chi connectivity index (χ0n) is 11.8.